The molecule has 104 valence electrons. The van der Waals surface area contributed by atoms with Crippen LogP contribution in [-0.4, -0.2) is 11.1 Å². The highest BCUT2D eigenvalue weighted by atomic mass is 19.4. The maximum Gasteiger partial charge on any atom is 0.419 e. The zero-order chi connectivity index (χ0) is 14.3. The first-order chi connectivity index (χ1) is 8.79. The van der Waals surface area contributed by atoms with E-state index < -0.39 is 28.9 Å². The molecule has 1 aromatic carbocycles. The van der Waals surface area contributed by atoms with E-state index >= 15 is 0 Å². The van der Waals surface area contributed by atoms with Crippen molar-refractivity contribution in [1.29, 1.82) is 0 Å². The molecule has 19 heavy (non-hydrogen) atoms. The van der Waals surface area contributed by atoms with Crippen molar-refractivity contribution in [1.82, 2.24) is 0 Å². The summed E-state index contributed by atoms with van der Waals surface area (Å²) < 4.78 is 52.0. The average Bonchev–Trinajstić information content (AvgIpc) is 2.77. The summed E-state index contributed by atoms with van der Waals surface area (Å²) in [6.07, 6.45) is -3.34. The monoisotopic (exact) mass is 276 g/mol. The maximum absolute atomic E-state index is 14.0. The van der Waals surface area contributed by atoms with Crippen molar-refractivity contribution in [2.75, 3.05) is 0 Å². The summed E-state index contributed by atoms with van der Waals surface area (Å²) >= 11 is 0. The normalized spacial score (nSPS) is 18.5. The van der Waals surface area contributed by atoms with E-state index in [0.717, 1.165) is 12.1 Å². The number of carboxylic acids is 1. The predicted molar refractivity (Wildman–Crippen MR) is 59.2 cm³/mol. The number of alkyl halides is 3. The second kappa shape index (κ2) is 4.51. The Bertz CT molecular complexity index is 502. The lowest BCUT2D eigenvalue weighted by atomic mass is 9.78. The molecule has 0 saturated heterocycles. The number of benzene rings is 1. The zero-order valence-corrected chi connectivity index (χ0v) is 9.93. The Labute approximate surface area is 107 Å². The van der Waals surface area contributed by atoms with Crippen molar-refractivity contribution in [3.05, 3.63) is 35.1 Å². The summed E-state index contributed by atoms with van der Waals surface area (Å²) in [5.41, 5.74) is -3.28. The van der Waals surface area contributed by atoms with Crippen molar-refractivity contribution < 1.29 is 27.5 Å². The average molecular weight is 276 g/mol. The van der Waals surface area contributed by atoms with E-state index in [1.165, 1.54) is 0 Å². The fraction of sp³-hybridized carbons (Fsp3) is 0.462. The standard InChI is InChI=1S/C13H12F4O2/c14-10-8(4-3-5-9(10)13(15,16)17)12(11(18)19)6-1-2-7-12/h3-5H,1-2,6-7H2,(H,18,19). The summed E-state index contributed by atoms with van der Waals surface area (Å²) in [5.74, 6) is -2.72. The van der Waals surface area contributed by atoms with Crippen LogP contribution in [0.25, 0.3) is 0 Å². The second-order valence-corrected chi connectivity index (χ2v) is 4.76. The molecule has 1 aromatic rings. The summed E-state index contributed by atoms with van der Waals surface area (Å²) in [5, 5.41) is 9.29. The quantitative estimate of drug-likeness (QED) is 0.835. The highest BCUT2D eigenvalue weighted by Gasteiger charge is 2.46. The lowest BCUT2D eigenvalue weighted by Crippen LogP contribution is -2.34. The molecular weight excluding hydrogens is 264 g/mol. The van der Waals surface area contributed by atoms with Gasteiger partial charge in [0.05, 0.1) is 11.0 Å². The molecule has 0 radical (unpaired) electrons. The van der Waals surface area contributed by atoms with Crippen LogP contribution in [0.3, 0.4) is 0 Å². The van der Waals surface area contributed by atoms with Gasteiger partial charge >= 0.3 is 12.1 Å². The first kappa shape index (κ1) is 13.8. The van der Waals surface area contributed by atoms with E-state index in [-0.39, 0.29) is 18.4 Å². The maximum atomic E-state index is 14.0. The van der Waals surface area contributed by atoms with E-state index in [4.69, 9.17) is 0 Å². The molecule has 0 aromatic heterocycles. The second-order valence-electron chi connectivity index (χ2n) is 4.76. The molecule has 2 nitrogen and oxygen atoms in total. The lowest BCUT2D eigenvalue weighted by Gasteiger charge is -2.26. The summed E-state index contributed by atoms with van der Waals surface area (Å²) in [4.78, 5) is 11.4. The van der Waals surface area contributed by atoms with Gasteiger partial charge in [0.1, 0.15) is 5.82 Å². The smallest absolute Gasteiger partial charge is 0.419 e. The Hall–Kier alpha value is -1.59. The van der Waals surface area contributed by atoms with Gasteiger partial charge in [0.25, 0.3) is 0 Å². The van der Waals surface area contributed by atoms with Crippen molar-refractivity contribution in [3.63, 3.8) is 0 Å². The van der Waals surface area contributed by atoms with Crippen molar-refractivity contribution >= 4 is 5.97 Å². The molecule has 0 heterocycles. The van der Waals surface area contributed by atoms with Gasteiger partial charge in [0, 0.05) is 5.56 Å². The van der Waals surface area contributed by atoms with Gasteiger partial charge in [-0.15, -0.1) is 0 Å². The van der Waals surface area contributed by atoms with Gasteiger partial charge in [-0.2, -0.15) is 13.2 Å². The Morgan fingerprint density at radius 2 is 1.79 bits per heavy atom. The van der Waals surface area contributed by atoms with E-state index in [1.54, 1.807) is 0 Å². The third-order valence-electron chi connectivity index (χ3n) is 3.69. The van der Waals surface area contributed by atoms with Gasteiger partial charge in [-0.3, -0.25) is 4.79 Å². The number of halogens is 4. The van der Waals surface area contributed by atoms with Crippen LogP contribution in [-0.2, 0) is 16.4 Å². The molecule has 1 N–H and O–H groups in total. The summed E-state index contributed by atoms with van der Waals surface area (Å²) in [6.45, 7) is 0. The van der Waals surface area contributed by atoms with E-state index in [9.17, 15) is 27.5 Å². The molecule has 1 fully saturated rings. The molecule has 2 rings (SSSR count). The topological polar surface area (TPSA) is 37.3 Å². The van der Waals surface area contributed by atoms with E-state index in [1.807, 2.05) is 0 Å². The third kappa shape index (κ3) is 2.19. The Balaban J connectivity index is 2.60. The minimum absolute atomic E-state index is 0.167. The predicted octanol–water partition coefficient (Wildman–Crippen LogP) is 3.74. The number of hydrogen-bond acceptors (Lipinski definition) is 1. The zero-order valence-electron chi connectivity index (χ0n) is 9.93. The van der Waals surface area contributed by atoms with Crippen LogP contribution < -0.4 is 0 Å². The van der Waals surface area contributed by atoms with Crippen LogP contribution in [0.5, 0.6) is 0 Å². The van der Waals surface area contributed by atoms with Gasteiger partial charge < -0.3 is 5.11 Å². The summed E-state index contributed by atoms with van der Waals surface area (Å²) in [7, 11) is 0. The molecule has 0 atom stereocenters. The highest BCUT2D eigenvalue weighted by Crippen LogP contribution is 2.44. The van der Waals surface area contributed by atoms with Crippen LogP contribution in [0.2, 0.25) is 0 Å². The molecule has 0 aliphatic heterocycles. The Kier molecular flexibility index (Phi) is 3.28. The van der Waals surface area contributed by atoms with Gasteiger partial charge in [-0.25, -0.2) is 4.39 Å². The SMILES string of the molecule is O=C(O)C1(c2cccc(C(F)(F)F)c2F)CCCC1. The van der Waals surface area contributed by atoms with Crippen LogP contribution in [0, 0.1) is 5.82 Å². The molecule has 6 heteroatoms. The number of carbonyl (C=O) groups is 1. The first-order valence-corrected chi connectivity index (χ1v) is 5.88. The number of carboxylic acid groups (broad SMARTS) is 1. The van der Waals surface area contributed by atoms with Gasteiger partial charge in [-0.05, 0) is 18.9 Å². The van der Waals surface area contributed by atoms with Gasteiger partial charge in [-0.1, -0.05) is 25.0 Å². The molecule has 0 bridgehead atoms. The number of hydrogen-bond donors (Lipinski definition) is 1. The molecule has 0 unspecified atom stereocenters. The van der Waals surface area contributed by atoms with Crippen LogP contribution >= 0.6 is 0 Å². The minimum Gasteiger partial charge on any atom is -0.481 e. The first-order valence-electron chi connectivity index (χ1n) is 5.88. The van der Waals surface area contributed by atoms with Gasteiger partial charge in [0.2, 0.25) is 0 Å². The van der Waals surface area contributed by atoms with Crippen molar-refractivity contribution in [2.24, 2.45) is 0 Å². The van der Waals surface area contributed by atoms with Crippen LogP contribution in [0.4, 0.5) is 17.6 Å². The molecular formula is C13H12F4O2. The molecule has 1 saturated carbocycles. The van der Waals surface area contributed by atoms with E-state index in [2.05, 4.69) is 0 Å². The van der Waals surface area contributed by atoms with Crippen molar-refractivity contribution in [3.8, 4) is 0 Å². The van der Waals surface area contributed by atoms with Crippen LogP contribution in [0.15, 0.2) is 18.2 Å². The van der Waals surface area contributed by atoms with Gasteiger partial charge in [0.15, 0.2) is 0 Å². The Morgan fingerprint density at radius 3 is 2.26 bits per heavy atom. The fourth-order valence-corrected chi connectivity index (χ4v) is 2.70. The van der Waals surface area contributed by atoms with Crippen LogP contribution in [0.1, 0.15) is 36.8 Å². The third-order valence-corrected chi connectivity index (χ3v) is 3.69. The highest BCUT2D eigenvalue weighted by molar-refractivity contribution is 5.82. The Morgan fingerprint density at radius 1 is 1.21 bits per heavy atom. The number of rotatable bonds is 2. The minimum atomic E-state index is -4.82. The fourth-order valence-electron chi connectivity index (χ4n) is 2.70. The molecule has 0 amide bonds. The van der Waals surface area contributed by atoms with E-state index in [0.29, 0.717) is 18.9 Å². The largest absolute Gasteiger partial charge is 0.481 e. The van der Waals surface area contributed by atoms with Crippen molar-refractivity contribution in [2.45, 2.75) is 37.3 Å². The lowest BCUT2D eigenvalue weighted by molar-refractivity contribution is -0.145. The summed E-state index contributed by atoms with van der Waals surface area (Å²) in [6, 6.07) is 2.83. The number of aliphatic carboxylic acids is 1. The molecule has 0 spiro atoms. The molecule has 1 aliphatic carbocycles. The molecule has 1 aliphatic rings.